The average Bonchev–Trinajstić information content (AvgIpc) is 2.70. The van der Waals surface area contributed by atoms with Crippen LogP contribution >= 0.6 is 23.2 Å². The number of carbonyl (C=O) groups is 1. The molecule has 0 aromatic heterocycles. The number of nitrogens with zero attached hydrogens (tertiary/aromatic N) is 1. The molecule has 3 aromatic rings. The van der Waals surface area contributed by atoms with E-state index >= 15 is 0 Å². The summed E-state index contributed by atoms with van der Waals surface area (Å²) < 4.78 is 54.7. The molecule has 1 amide bonds. The number of nitrogens with one attached hydrogen (secondary N) is 1. The minimum absolute atomic E-state index is 0.109. The summed E-state index contributed by atoms with van der Waals surface area (Å²) in [6.45, 7) is -0.812. The van der Waals surface area contributed by atoms with E-state index in [0.717, 1.165) is 22.5 Å². The van der Waals surface area contributed by atoms with E-state index in [1.165, 1.54) is 18.2 Å². The predicted molar refractivity (Wildman–Crippen MR) is 115 cm³/mol. The van der Waals surface area contributed by atoms with Gasteiger partial charge in [-0.2, -0.15) is 4.31 Å². The quantitative estimate of drug-likeness (QED) is 0.507. The number of carbonyl (C=O) groups excluding carboxylic acids is 1. The molecule has 0 fully saturated rings. The van der Waals surface area contributed by atoms with Gasteiger partial charge in [0.25, 0.3) is 0 Å². The zero-order chi connectivity index (χ0) is 22.6. The Labute approximate surface area is 188 Å². The lowest BCUT2D eigenvalue weighted by atomic mass is 10.2. The molecule has 3 aromatic carbocycles. The van der Waals surface area contributed by atoms with Crippen LogP contribution < -0.4 is 5.32 Å². The number of sulfonamides is 1. The fraction of sp³-hybridized carbons (Fsp3) is 0.0952. The lowest BCUT2D eigenvalue weighted by Gasteiger charge is -2.22. The van der Waals surface area contributed by atoms with E-state index in [0.29, 0.717) is 5.56 Å². The Bertz CT molecular complexity index is 1210. The van der Waals surface area contributed by atoms with Crippen LogP contribution in [0.5, 0.6) is 0 Å². The molecule has 162 valence electrons. The number of halogens is 4. The summed E-state index contributed by atoms with van der Waals surface area (Å²) in [6.07, 6.45) is 0. The highest BCUT2D eigenvalue weighted by atomic mass is 35.5. The lowest BCUT2D eigenvalue weighted by molar-refractivity contribution is -0.116. The molecule has 0 saturated carbocycles. The maximum atomic E-state index is 13.9. The minimum Gasteiger partial charge on any atom is -0.322 e. The Morgan fingerprint density at radius 2 is 1.68 bits per heavy atom. The third kappa shape index (κ3) is 5.80. The highest BCUT2D eigenvalue weighted by molar-refractivity contribution is 7.89. The number of hydrogen-bond donors (Lipinski definition) is 1. The Morgan fingerprint density at radius 1 is 0.968 bits per heavy atom. The van der Waals surface area contributed by atoms with Gasteiger partial charge in [0.05, 0.1) is 17.3 Å². The van der Waals surface area contributed by atoms with Gasteiger partial charge in [0.2, 0.25) is 15.9 Å². The van der Waals surface area contributed by atoms with E-state index in [1.807, 2.05) is 0 Å². The van der Waals surface area contributed by atoms with E-state index in [2.05, 4.69) is 5.32 Å². The van der Waals surface area contributed by atoms with E-state index in [1.54, 1.807) is 30.3 Å². The van der Waals surface area contributed by atoms with Crippen molar-refractivity contribution in [3.63, 3.8) is 0 Å². The van der Waals surface area contributed by atoms with Crippen molar-refractivity contribution in [1.29, 1.82) is 0 Å². The maximum Gasteiger partial charge on any atom is 0.245 e. The van der Waals surface area contributed by atoms with Crippen molar-refractivity contribution in [2.45, 2.75) is 11.4 Å². The second-order valence-corrected chi connectivity index (χ2v) is 9.26. The molecule has 0 heterocycles. The van der Waals surface area contributed by atoms with Crippen molar-refractivity contribution in [2.24, 2.45) is 0 Å². The molecular formula is C21H16Cl2F2N2O3S. The number of anilines is 1. The third-order valence-corrected chi connectivity index (χ3v) is 6.75. The van der Waals surface area contributed by atoms with Crippen molar-refractivity contribution in [1.82, 2.24) is 4.31 Å². The Balaban J connectivity index is 1.92. The molecule has 31 heavy (non-hydrogen) atoms. The van der Waals surface area contributed by atoms with Gasteiger partial charge in [0.1, 0.15) is 16.5 Å². The van der Waals surface area contributed by atoms with Crippen LogP contribution in [0.25, 0.3) is 0 Å². The summed E-state index contributed by atoms with van der Waals surface area (Å²) in [6, 6.07) is 15.0. The van der Waals surface area contributed by atoms with E-state index in [4.69, 9.17) is 23.2 Å². The monoisotopic (exact) mass is 484 g/mol. The summed E-state index contributed by atoms with van der Waals surface area (Å²) in [5.74, 6) is -2.46. The number of hydrogen-bond acceptors (Lipinski definition) is 3. The fourth-order valence-electron chi connectivity index (χ4n) is 2.78. The van der Waals surface area contributed by atoms with Gasteiger partial charge < -0.3 is 5.32 Å². The van der Waals surface area contributed by atoms with Crippen molar-refractivity contribution < 1.29 is 22.0 Å². The summed E-state index contributed by atoms with van der Waals surface area (Å²) in [4.78, 5) is 12.3. The first-order valence-electron chi connectivity index (χ1n) is 8.91. The van der Waals surface area contributed by atoms with Gasteiger partial charge in [-0.3, -0.25) is 4.79 Å². The lowest BCUT2D eigenvalue weighted by Crippen LogP contribution is -2.37. The van der Waals surface area contributed by atoms with Gasteiger partial charge in [-0.15, -0.1) is 0 Å². The molecule has 0 unspecified atom stereocenters. The van der Waals surface area contributed by atoms with Gasteiger partial charge in [0, 0.05) is 17.6 Å². The van der Waals surface area contributed by atoms with Crippen LogP contribution in [-0.2, 0) is 21.4 Å². The van der Waals surface area contributed by atoms with Crippen LogP contribution in [0.15, 0.2) is 71.6 Å². The van der Waals surface area contributed by atoms with Gasteiger partial charge in [-0.25, -0.2) is 17.2 Å². The highest BCUT2D eigenvalue weighted by Crippen LogP contribution is 2.28. The number of rotatable bonds is 7. The summed E-state index contributed by atoms with van der Waals surface area (Å²) >= 11 is 11.9. The zero-order valence-electron chi connectivity index (χ0n) is 15.9. The molecule has 0 saturated heterocycles. The van der Waals surface area contributed by atoms with E-state index in [-0.39, 0.29) is 21.5 Å². The van der Waals surface area contributed by atoms with Crippen LogP contribution in [-0.4, -0.2) is 25.2 Å². The van der Waals surface area contributed by atoms with Crippen molar-refractivity contribution in [3.8, 4) is 0 Å². The van der Waals surface area contributed by atoms with Crippen molar-refractivity contribution in [2.75, 3.05) is 11.9 Å². The minimum atomic E-state index is -4.24. The predicted octanol–water partition coefficient (Wildman–Crippen LogP) is 5.10. The smallest absolute Gasteiger partial charge is 0.245 e. The third-order valence-electron chi connectivity index (χ3n) is 4.24. The molecule has 10 heteroatoms. The average molecular weight is 485 g/mol. The molecule has 0 aliphatic carbocycles. The number of benzene rings is 3. The molecule has 0 spiro atoms. The zero-order valence-corrected chi connectivity index (χ0v) is 18.2. The van der Waals surface area contributed by atoms with Gasteiger partial charge >= 0.3 is 0 Å². The van der Waals surface area contributed by atoms with Crippen molar-refractivity contribution in [3.05, 3.63) is 94.0 Å². The topological polar surface area (TPSA) is 66.5 Å². The molecule has 5 nitrogen and oxygen atoms in total. The first-order valence-corrected chi connectivity index (χ1v) is 11.1. The van der Waals surface area contributed by atoms with Crippen molar-refractivity contribution >= 4 is 44.8 Å². The Morgan fingerprint density at radius 3 is 2.35 bits per heavy atom. The second kappa shape index (κ2) is 9.74. The molecule has 0 aliphatic rings. The standard InChI is InChI=1S/C21H16Cl2F2N2O3S/c22-15-6-9-20(17(23)10-15)31(29,30)27(12-14-4-2-1-3-5-14)13-21(28)26-19-11-16(24)7-8-18(19)25/h1-11H,12-13H2,(H,26,28). The van der Waals surface area contributed by atoms with Gasteiger partial charge in [0.15, 0.2) is 0 Å². The summed E-state index contributed by atoms with van der Waals surface area (Å²) in [7, 11) is -4.24. The number of amides is 1. The molecule has 1 N–H and O–H groups in total. The second-order valence-electron chi connectivity index (χ2n) is 6.51. The first kappa shape index (κ1) is 23.1. The molecule has 0 radical (unpaired) electrons. The van der Waals surface area contributed by atoms with Gasteiger partial charge in [-0.05, 0) is 35.9 Å². The normalized spacial score (nSPS) is 11.5. The molecule has 3 rings (SSSR count). The van der Waals surface area contributed by atoms with E-state index < -0.39 is 39.8 Å². The van der Waals surface area contributed by atoms with Crippen LogP contribution in [0.4, 0.5) is 14.5 Å². The Hall–Kier alpha value is -2.52. The molecule has 0 aliphatic heterocycles. The highest BCUT2D eigenvalue weighted by Gasteiger charge is 2.29. The van der Waals surface area contributed by atoms with Crippen LogP contribution in [0, 0.1) is 11.6 Å². The van der Waals surface area contributed by atoms with Crippen LogP contribution in [0.2, 0.25) is 10.0 Å². The largest absolute Gasteiger partial charge is 0.322 e. The van der Waals surface area contributed by atoms with Gasteiger partial charge in [-0.1, -0.05) is 53.5 Å². The first-order chi connectivity index (χ1) is 14.7. The van der Waals surface area contributed by atoms with Crippen LogP contribution in [0.1, 0.15) is 5.56 Å². The SMILES string of the molecule is O=C(CN(Cc1ccccc1)S(=O)(=O)c1ccc(Cl)cc1Cl)Nc1cc(F)ccc1F. The maximum absolute atomic E-state index is 13.9. The van der Waals surface area contributed by atoms with E-state index in [9.17, 15) is 22.0 Å². The summed E-state index contributed by atoms with van der Waals surface area (Å²) in [5.41, 5.74) is 0.215. The molecular weight excluding hydrogens is 469 g/mol. The molecule has 0 bridgehead atoms. The summed E-state index contributed by atoms with van der Waals surface area (Å²) in [5, 5.41) is 2.34. The fourth-order valence-corrected chi connectivity index (χ4v) is 4.91. The molecule has 0 atom stereocenters. The van der Waals surface area contributed by atoms with Crippen LogP contribution in [0.3, 0.4) is 0 Å². The Kier molecular flexibility index (Phi) is 7.27.